The van der Waals surface area contributed by atoms with Crippen LogP contribution in [0.25, 0.3) is 0 Å². The maximum atomic E-state index is 9.89. The molecule has 1 saturated carbocycles. The predicted octanol–water partition coefficient (Wildman–Crippen LogP) is 2.89. The van der Waals surface area contributed by atoms with Crippen molar-refractivity contribution >= 4 is 27.5 Å². The summed E-state index contributed by atoms with van der Waals surface area (Å²) in [6.07, 6.45) is 2.01. The highest BCUT2D eigenvalue weighted by atomic mass is 79.9. The fraction of sp³-hybridized carbons (Fsp3) is 0.455. The summed E-state index contributed by atoms with van der Waals surface area (Å²) < 4.78 is 0.826. The van der Waals surface area contributed by atoms with Crippen molar-refractivity contribution < 1.29 is 5.11 Å². The molecule has 2 nitrogen and oxygen atoms in total. The van der Waals surface area contributed by atoms with Crippen LogP contribution in [0.15, 0.2) is 22.7 Å². The largest absolute Gasteiger partial charge is 0.387 e. The number of nitrogens with one attached hydrogen (secondary N) is 1. The van der Waals surface area contributed by atoms with Crippen LogP contribution in [0.5, 0.6) is 0 Å². The Morgan fingerprint density at radius 2 is 2.27 bits per heavy atom. The Kier molecular flexibility index (Phi) is 3.67. The number of aliphatic hydroxyl groups is 1. The molecule has 0 saturated heterocycles. The standard InChI is InChI=1S/C11H13BrClNO/c12-9-5-7(1-4-10(9)13)11(15)6-14-8-2-3-8/h1,4-5,8,11,14-15H,2-3,6H2. The molecule has 0 spiro atoms. The van der Waals surface area contributed by atoms with Crippen LogP contribution in [-0.2, 0) is 0 Å². The van der Waals surface area contributed by atoms with Gasteiger partial charge in [-0.2, -0.15) is 0 Å². The minimum atomic E-state index is -0.459. The van der Waals surface area contributed by atoms with Crippen molar-refractivity contribution in [3.63, 3.8) is 0 Å². The second-order valence-corrected chi connectivity index (χ2v) is 5.13. The van der Waals surface area contributed by atoms with E-state index in [1.807, 2.05) is 12.1 Å². The lowest BCUT2D eigenvalue weighted by atomic mass is 10.1. The highest BCUT2D eigenvalue weighted by Gasteiger charge is 2.21. The number of hydrogen-bond acceptors (Lipinski definition) is 2. The van der Waals surface area contributed by atoms with Gasteiger partial charge in [0.25, 0.3) is 0 Å². The number of halogens is 2. The molecule has 2 rings (SSSR count). The molecular weight excluding hydrogens is 277 g/mol. The summed E-state index contributed by atoms with van der Waals surface area (Å²) in [5.74, 6) is 0. The number of rotatable bonds is 4. The summed E-state index contributed by atoms with van der Waals surface area (Å²) in [7, 11) is 0. The third-order valence-electron chi connectivity index (χ3n) is 2.51. The van der Waals surface area contributed by atoms with Crippen molar-refractivity contribution in [3.05, 3.63) is 33.3 Å². The second kappa shape index (κ2) is 4.83. The normalized spacial score (nSPS) is 17.8. The minimum absolute atomic E-state index is 0.459. The van der Waals surface area contributed by atoms with Gasteiger partial charge in [-0.3, -0.25) is 0 Å². The van der Waals surface area contributed by atoms with Crippen LogP contribution < -0.4 is 5.32 Å². The number of benzene rings is 1. The lowest BCUT2D eigenvalue weighted by molar-refractivity contribution is 0.174. The third kappa shape index (κ3) is 3.18. The summed E-state index contributed by atoms with van der Waals surface area (Å²) >= 11 is 9.22. The van der Waals surface area contributed by atoms with Gasteiger partial charge in [0, 0.05) is 17.1 Å². The molecule has 0 aromatic heterocycles. The Morgan fingerprint density at radius 3 is 2.87 bits per heavy atom. The van der Waals surface area contributed by atoms with Gasteiger partial charge >= 0.3 is 0 Å². The Labute approximate surface area is 103 Å². The molecule has 0 amide bonds. The molecule has 0 bridgehead atoms. The Bertz CT molecular complexity index is 354. The van der Waals surface area contributed by atoms with Gasteiger partial charge in [-0.1, -0.05) is 17.7 Å². The summed E-state index contributed by atoms with van der Waals surface area (Å²) in [6.45, 7) is 0.610. The van der Waals surface area contributed by atoms with Gasteiger partial charge in [-0.15, -0.1) is 0 Å². The van der Waals surface area contributed by atoms with Crippen LogP contribution >= 0.6 is 27.5 Å². The first-order valence-corrected chi connectivity index (χ1v) is 6.20. The van der Waals surface area contributed by atoms with E-state index in [-0.39, 0.29) is 0 Å². The van der Waals surface area contributed by atoms with E-state index < -0.39 is 6.10 Å². The molecular formula is C11H13BrClNO. The molecule has 1 aliphatic carbocycles. The maximum Gasteiger partial charge on any atom is 0.0914 e. The molecule has 82 valence electrons. The predicted molar refractivity (Wildman–Crippen MR) is 65.1 cm³/mol. The minimum Gasteiger partial charge on any atom is -0.387 e. The first kappa shape index (κ1) is 11.4. The van der Waals surface area contributed by atoms with Crippen molar-refractivity contribution in [1.82, 2.24) is 5.32 Å². The molecule has 1 unspecified atom stereocenters. The molecule has 1 fully saturated rings. The van der Waals surface area contributed by atoms with E-state index in [4.69, 9.17) is 11.6 Å². The van der Waals surface area contributed by atoms with Gasteiger partial charge in [0.05, 0.1) is 11.1 Å². The van der Waals surface area contributed by atoms with Gasteiger partial charge in [-0.05, 0) is 46.5 Å². The SMILES string of the molecule is OC(CNC1CC1)c1ccc(Cl)c(Br)c1. The zero-order valence-electron chi connectivity index (χ0n) is 8.21. The molecule has 1 atom stereocenters. The topological polar surface area (TPSA) is 32.3 Å². The van der Waals surface area contributed by atoms with Crippen molar-refractivity contribution in [2.45, 2.75) is 25.0 Å². The van der Waals surface area contributed by atoms with Crippen LogP contribution in [0.4, 0.5) is 0 Å². The van der Waals surface area contributed by atoms with Crippen molar-refractivity contribution in [2.75, 3.05) is 6.54 Å². The average Bonchev–Trinajstić information content (AvgIpc) is 3.02. The molecule has 15 heavy (non-hydrogen) atoms. The molecule has 0 aliphatic heterocycles. The van der Waals surface area contributed by atoms with E-state index in [1.165, 1.54) is 12.8 Å². The molecule has 0 radical (unpaired) electrons. The molecule has 0 heterocycles. The molecule has 1 aromatic carbocycles. The fourth-order valence-electron chi connectivity index (χ4n) is 1.40. The Morgan fingerprint density at radius 1 is 1.53 bits per heavy atom. The maximum absolute atomic E-state index is 9.89. The van der Waals surface area contributed by atoms with Crippen molar-refractivity contribution in [2.24, 2.45) is 0 Å². The van der Waals surface area contributed by atoms with Gasteiger partial charge in [-0.25, -0.2) is 0 Å². The zero-order valence-corrected chi connectivity index (χ0v) is 10.6. The monoisotopic (exact) mass is 289 g/mol. The molecule has 4 heteroatoms. The van der Waals surface area contributed by atoms with E-state index >= 15 is 0 Å². The van der Waals surface area contributed by atoms with E-state index in [9.17, 15) is 5.11 Å². The van der Waals surface area contributed by atoms with Gasteiger partial charge in [0.15, 0.2) is 0 Å². The van der Waals surface area contributed by atoms with Gasteiger partial charge in [0.1, 0.15) is 0 Å². The Balaban J connectivity index is 1.97. The highest BCUT2D eigenvalue weighted by molar-refractivity contribution is 9.10. The summed E-state index contributed by atoms with van der Waals surface area (Å²) in [6, 6.07) is 6.13. The lowest BCUT2D eigenvalue weighted by Crippen LogP contribution is -2.23. The molecule has 2 N–H and O–H groups in total. The van der Waals surface area contributed by atoms with E-state index in [1.54, 1.807) is 6.07 Å². The first-order chi connectivity index (χ1) is 7.16. The van der Waals surface area contributed by atoms with Gasteiger partial charge < -0.3 is 10.4 Å². The van der Waals surface area contributed by atoms with Crippen LogP contribution in [0.2, 0.25) is 5.02 Å². The fourth-order valence-corrected chi connectivity index (χ4v) is 1.92. The summed E-state index contributed by atoms with van der Waals surface area (Å²) in [4.78, 5) is 0. The van der Waals surface area contributed by atoms with Crippen molar-refractivity contribution in [1.29, 1.82) is 0 Å². The zero-order chi connectivity index (χ0) is 10.8. The van der Waals surface area contributed by atoms with Crippen molar-refractivity contribution in [3.8, 4) is 0 Å². The van der Waals surface area contributed by atoms with Crippen LogP contribution in [0, 0.1) is 0 Å². The average molecular weight is 291 g/mol. The van der Waals surface area contributed by atoms with E-state index in [0.717, 1.165) is 10.0 Å². The van der Waals surface area contributed by atoms with Crippen LogP contribution in [0.3, 0.4) is 0 Å². The first-order valence-electron chi connectivity index (χ1n) is 5.03. The summed E-state index contributed by atoms with van der Waals surface area (Å²) in [5.41, 5.74) is 0.888. The third-order valence-corrected chi connectivity index (χ3v) is 3.72. The number of aliphatic hydroxyl groups excluding tert-OH is 1. The van der Waals surface area contributed by atoms with E-state index in [0.29, 0.717) is 17.6 Å². The lowest BCUT2D eigenvalue weighted by Gasteiger charge is -2.12. The van der Waals surface area contributed by atoms with Gasteiger partial charge in [0.2, 0.25) is 0 Å². The smallest absolute Gasteiger partial charge is 0.0914 e. The van der Waals surface area contributed by atoms with Crippen LogP contribution in [0.1, 0.15) is 24.5 Å². The number of hydrogen-bond donors (Lipinski definition) is 2. The van der Waals surface area contributed by atoms with Crippen LogP contribution in [-0.4, -0.2) is 17.7 Å². The summed E-state index contributed by atoms with van der Waals surface area (Å²) in [5, 5.41) is 13.8. The highest BCUT2D eigenvalue weighted by Crippen LogP contribution is 2.26. The Hall–Kier alpha value is -0.0900. The molecule has 1 aromatic rings. The second-order valence-electron chi connectivity index (χ2n) is 3.87. The quantitative estimate of drug-likeness (QED) is 0.894. The molecule has 1 aliphatic rings. The van der Waals surface area contributed by atoms with E-state index in [2.05, 4.69) is 21.2 Å².